The summed E-state index contributed by atoms with van der Waals surface area (Å²) >= 11 is 0. The number of aromatic hydroxyl groups is 2. The Kier molecular flexibility index (Phi) is 4.69. The van der Waals surface area contributed by atoms with E-state index in [9.17, 15) is 20.1 Å². The molecule has 24 heavy (non-hydrogen) atoms. The SMILES string of the molecule is CC[C@H]1C[C@@H](O)CC2(CCN(C(=O)c3c(O)cccc3O)CC2)O1. The lowest BCUT2D eigenvalue weighted by Crippen LogP contribution is -2.53. The fraction of sp³-hybridized carbons (Fsp3) is 0.611. The zero-order chi connectivity index (χ0) is 17.3. The molecule has 1 aromatic rings. The first-order chi connectivity index (χ1) is 11.4. The Morgan fingerprint density at radius 1 is 1.29 bits per heavy atom. The Morgan fingerprint density at radius 2 is 1.92 bits per heavy atom. The first-order valence-electron chi connectivity index (χ1n) is 8.60. The van der Waals surface area contributed by atoms with Gasteiger partial charge in [-0.1, -0.05) is 13.0 Å². The number of likely N-dealkylation sites (tertiary alicyclic amines) is 1. The first-order valence-corrected chi connectivity index (χ1v) is 8.60. The van der Waals surface area contributed by atoms with Crippen molar-refractivity contribution < 1.29 is 24.9 Å². The molecular weight excluding hydrogens is 310 g/mol. The van der Waals surface area contributed by atoms with Crippen LogP contribution in [-0.2, 0) is 4.74 Å². The van der Waals surface area contributed by atoms with Crippen molar-refractivity contribution in [3.05, 3.63) is 23.8 Å². The van der Waals surface area contributed by atoms with Crippen LogP contribution in [0.15, 0.2) is 18.2 Å². The second-order valence-corrected chi connectivity index (χ2v) is 6.89. The van der Waals surface area contributed by atoms with Gasteiger partial charge in [0.1, 0.15) is 17.1 Å². The number of phenols is 2. The molecule has 1 spiro atoms. The molecule has 2 fully saturated rings. The molecule has 3 rings (SSSR count). The number of hydrogen-bond acceptors (Lipinski definition) is 5. The Balaban J connectivity index is 1.70. The summed E-state index contributed by atoms with van der Waals surface area (Å²) < 4.78 is 6.22. The second kappa shape index (κ2) is 6.61. The van der Waals surface area contributed by atoms with Gasteiger partial charge in [-0.2, -0.15) is 0 Å². The third kappa shape index (κ3) is 3.21. The molecule has 0 bridgehead atoms. The average molecular weight is 335 g/mol. The number of amides is 1. The van der Waals surface area contributed by atoms with Crippen LogP contribution in [0, 0.1) is 0 Å². The summed E-state index contributed by atoms with van der Waals surface area (Å²) in [5, 5.41) is 29.9. The maximum Gasteiger partial charge on any atom is 0.261 e. The van der Waals surface area contributed by atoms with Gasteiger partial charge < -0.3 is 25.0 Å². The Morgan fingerprint density at radius 3 is 2.50 bits per heavy atom. The van der Waals surface area contributed by atoms with Gasteiger partial charge in [0.15, 0.2) is 0 Å². The summed E-state index contributed by atoms with van der Waals surface area (Å²) in [6.07, 6.45) is 3.17. The van der Waals surface area contributed by atoms with Crippen LogP contribution in [0.5, 0.6) is 11.5 Å². The van der Waals surface area contributed by atoms with Crippen molar-refractivity contribution in [3.63, 3.8) is 0 Å². The molecule has 3 N–H and O–H groups in total. The summed E-state index contributed by atoms with van der Waals surface area (Å²) in [5.41, 5.74) is -0.417. The minimum Gasteiger partial charge on any atom is -0.507 e. The van der Waals surface area contributed by atoms with Crippen molar-refractivity contribution >= 4 is 5.91 Å². The molecular formula is C18H25NO5. The zero-order valence-corrected chi connectivity index (χ0v) is 13.9. The van der Waals surface area contributed by atoms with Gasteiger partial charge in [-0.25, -0.2) is 0 Å². The van der Waals surface area contributed by atoms with E-state index < -0.39 is 0 Å². The number of benzene rings is 1. The van der Waals surface area contributed by atoms with Gasteiger partial charge >= 0.3 is 0 Å². The second-order valence-electron chi connectivity index (χ2n) is 6.89. The number of phenolic OH excluding ortho intramolecular Hbond substituents is 2. The van der Waals surface area contributed by atoms with E-state index in [1.807, 2.05) is 0 Å². The molecule has 6 nitrogen and oxygen atoms in total. The molecule has 0 radical (unpaired) electrons. The van der Waals surface area contributed by atoms with Gasteiger partial charge in [-0.05, 0) is 37.8 Å². The smallest absolute Gasteiger partial charge is 0.261 e. The predicted octanol–water partition coefficient (Wildman–Crippen LogP) is 2.02. The molecule has 1 amide bonds. The highest BCUT2D eigenvalue weighted by Crippen LogP contribution is 2.39. The molecule has 2 aliphatic rings. The van der Waals surface area contributed by atoms with Crippen molar-refractivity contribution in [2.24, 2.45) is 0 Å². The summed E-state index contributed by atoms with van der Waals surface area (Å²) in [6, 6.07) is 4.28. The van der Waals surface area contributed by atoms with Crippen LogP contribution in [0.2, 0.25) is 0 Å². The minimum atomic E-state index is -0.371. The van der Waals surface area contributed by atoms with Crippen molar-refractivity contribution in [2.45, 2.75) is 56.8 Å². The fourth-order valence-electron chi connectivity index (χ4n) is 3.86. The molecule has 1 aromatic carbocycles. The van der Waals surface area contributed by atoms with E-state index in [1.165, 1.54) is 18.2 Å². The van der Waals surface area contributed by atoms with Crippen LogP contribution in [-0.4, -0.2) is 57.0 Å². The molecule has 0 aliphatic carbocycles. The Bertz CT molecular complexity index is 589. The Labute approximate surface area is 141 Å². The predicted molar refractivity (Wildman–Crippen MR) is 88.0 cm³/mol. The molecule has 0 saturated carbocycles. The third-order valence-corrected chi connectivity index (χ3v) is 5.21. The van der Waals surface area contributed by atoms with Crippen molar-refractivity contribution in [1.29, 1.82) is 0 Å². The van der Waals surface area contributed by atoms with Gasteiger partial charge in [0, 0.05) is 19.5 Å². The van der Waals surface area contributed by atoms with Gasteiger partial charge in [0.05, 0.1) is 17.8 Å². The van der Waals surface area contributed by atoms with E-state index in [2.05, 4.69) is 6.92 Å². The quantitative estimate of drug-likeness (QED) is 0.769. The summed E-state index contributed by atoms with van der Waals surface area (Å²) in [7, 11) is 0. The number of nitrogens with zero attached hydrogens (tertiary/aromatic N) is 1. The average Bonchev–Trinajstić information content (AvgIpc) is 2.54. The van der Waals surface area contributed by atoms with Crippen LogP contribution < -0.4 is 0 Å². The Hall–Kier alpha value is -1.79. The maximum atomic E-state index is 12.6. The lowest BCUT2D eigenvalue weighted by atomic mass is 9.81. The monoisotopic (exact) mass is 335 g/mol. The highest BCUT2D eigenvalue weighted by Gasteiger charge is 2.43. The van der Waals surface area contributed by atoms with Crippen molar-refractivity contribution in [3.8, 4) is 11.5 Å². The van der Waals surface area contributed by atoms with Crippen LogP contribution in [0.25, 0.3) is 0 Å². The van der Waals surface area contributed by atoms with Crippen LogP contribution in [0.1, 0.15) is 49.4 Å². The molecule has 2 atom stereocenters. The number of piperidine rings is 1. The molecule has 132 valence electrons. The summed E-state index contributed by atoms with van der Waals surface area (Å²) in [5.74, 6) is -0.796. The van der Waals surface area contributed by atoms with E-state index in [0.29, 0.717) is 38.8 Å². The van der Waals surface area contributed by atoms with E-state index in [0.717, 1.165) is 6.42 Å². The number of hydrogen-bond donors (Lipinski definition) is 3. The topological polar surface area (TPSA) is 90.2 Å². The van der Waals surface area contributed by atoms with E-state index in [4.69, 9.17) is 4.74 Å². The number of ether oxygens (including phenoxy) is 1. The van der Waals surface area contributed by atoms with Gasteiger partial charge in [-0.3, -0.25) is 4.79 Å². The standard InChI is InChI=1S/C18H25NO5/c1-2-13-10-12(20)11-18(24-13)6-8-19(9-7-18)17(23)16-14(21)4-3-5-15(16)22/h3-5,12-13,20-22H,2,6-11H2,1H3/t12-,13+/m1/s1. The van der Waals surface area contributed by atoms with E-state index >= 15 is 0 Å². The molecule has 0 unspecified atom stereocenters. The minimum absolute atomic E-state index is 0.0514. The van der Waals surface area contributed by atoms with Crippen molar-refractivity contribution in [2.75, 3.05) is 13.1 Å². The number of rotatable bonds is 2. The highest BCUT2D eigenvalue weighted by atomic mass is 16.5. The van der Waals surface area contributed by atoms with Crippen LogP contribution in [0.4, 0.5) is 0 Å². The number of aliphatic hydroxyl groups excluding tert-OH is 1. The molecule has 0 aromatic heterocycles. The van der Waals surface area contributed by atoms with Crippen LogP contribution in [0.3, 0.4) is 0 Å². The van der Waals surface area contributed by atoms with Crippen molar-refractivity contribution in [1.82, 2.24) is 4.90 Å². The maximum absolute atomic E-state index is 12.6. The zero-order valence-electron chi connectivity index (χ0n) is 13.9. The van der Waals surface area contributed by atoms with Gasteiger partial charge in [0.2, 0.25) is 0 Å². The largest absolute Gasteiger partial charge is 0.507 e. The highest BCUT2D eigenvalue weighted by molar-refractivity contribution is 5.99. The van der Waals surface area contributed by atoms with Crippen LogP contribution >= 0.6 is 0 Å². The lowest BCUT2D eigenvalue weighted by Gasteiger charge is -2.47. The first kappa shape index (κ1) is 17.0. The van der Waals surface area contributed by atoms with E-state index in [1.54, 1.807) is 4.90 Å². The molecule has 2 aliphatic heterocycles. The fourth-order valence-corrected chi connectivity index (χ4v) is 3.86. The normalized spacial score (nSPS) is 26.5. The summed E-state index contributed by atoms with van der Waals surface area (Å²) in [6.45, 7) is 3.02. The lowest BCUT2D eigenvalue weighted by molar-refractivity contribution is -0.179. The number of carbonyl (C=O) groups excluding carboxylic acids is 1. The van der Waals surface area contributed by atoms with E-state index in [-0.39, 0.29) is 40.8 Å². The van der Waals surface area contributed by atoms with Gasteiger partial charge in [0.25, 0.3) is 5.91 Å². The molecule has 6 heteroatoms. The number of aliphatic hydroxyl groups is 1. The molecule has 2 heterocycles. The summed E-state index contributed by atoms with van der Waals surface area (Å²) in [4.78, 5) is 14.2. The van der Waals surface area contributed by atoms with Gasteiger partial charge in [-0.15, -0.1) is 0 Å². The number of carbonyl (C=O) groups is 1. The molecule has 2 saturated heterocycles. The third-order valence-electron chi connectivity index (χ3n) is 5.21.